The number of fused-ring (bicyclic) bond motifs is 3. The Hall–Kier alpha value is -3.60. The van der Waals surface area contributed by atoms with Gasteiger partial charge in [0.2, 0.25) is 0 Å². The minimum Gasteiger partial charge on any atom is -0.449 e. The molecular formula is C25H25N3O2. The molecular weight excluding hydrogens is 374 g/mol. The quantitative estimate of drug-likeness (QED) is 0.653. The minimum atomic E-state index is -0.414. The number of alkyl carbamates (subject to hydrolysis) is 1. The lowest BCUT2D eigenvalue weighted by Gasteiger charge is -2.14. The maximum atomic E-state index is 12.2. The number of nitrogens with zero attached hydrogens (tertiary/aromatic N) is 2. The third kappa shape index (κ3) is 4.20. The first-order chi connectivity index (χ1) is 14.6. The smallest absolute Gasteiger partial charge is 0.407 e. The second-order valence-corrected chi connectivity index (χ2v) is 7.45. The number of nitrogens with one attached hydrogen (secondary N) is 1. The van der Waals surface area contributed by atoms with Gasteiger partial charge in [0.25, 0.3) is 0 Å². The number of benzene rings is 2. The summed E-state index contributed by atoms with van der Waals surface area (Å²) in [7, 11) is 3.91. The van der Waals surface area contributed by atoms with Crippen LogP contribution in [0.2, 0.25) is 0 Å². The Labute approximate surface area is 177 Å². The molecule has 0 radical (unpaired) electrons. The van der Waals surface area contributed by atoms with E-state index in [2.05, 4.69) is 34.6 Å². The van der Waals surface area contributed by atoms with E-state index < -0.39 is 6.09 Å². The van der Waals surface area contributed by atoms with Gasteiger partial charge in [0.1, 0.15) is 12.4 Å². The van der Waals surface area contributed by atoms with Crippen molar-refractivity contribution in [3.63, 3.8) is 0 Å². The third-order valence-corrected chi connectivity index (χ3v) is 5.25. The van der Waals surface area contributed by atoms with E-state index in [1.807, 2.05) is 67.5 Å². The van der Waals surface area contributed by atoms with Crippen LogP contribution in [-0.4, -0.2) is 38.3 Å². The van der Waals surface area contributed by atoms with Crippen molar-refractivity contribution < 1.29 is 9.53 Å². The molecule has 152 valence electrons. The molecule has 0 bridgehead atoms. The molecule has 4 rings (SSSR count). The fourth-order valence-electron chi connectivity index (χ4n) is 3.75. The molecule has 0 saturated carbocycles. The van der Waals surface area contributed by atoms with Gasteiger partial charge in [0.05, 0.1) is 0 Å². The Kier molecular flexibility index (Phi) is 5.80. The maximum absolute atomic E-state index is 12.2. The summed E-state index contributed by atoms with van der Waals surface area (Å²) in [6.45, 7) is 0.714. The first kappa shape index (κ1) is 19.7. The van der Waals surface area contributed by atoms with Crippen molar-refractivity contribution in [3.05, 3.63) is 89.6 Å². The lowest BCUT2D eigenvalue weighted by molar-refractivity contribution is 0.144. The number of anilines is 1. The van der Waals surface area contributed by atoms with Gasteiger partial charge in [-0.15, -0.1) is 0 Å². The van der Waals surface area contributed by atoms with Crippen LogP contribution in [0.3, 0.4) is 0 Å². The van der Waals surface area contributed by atoms with Crippen LogP contribution < -0.4 is 10.2 Å². The molecule has 1 amide bonds. The summed E-state index contributed by atoms with van der Waals surface area (Å²) in [5, 5.41) is 2.78. The Morgan fingerprint density at radius 3 is 2.30 bits per heavy atom. The lowest BCUT2D eigenvalue weighted by Crippen LogP contribution is -2.26. The van der Waals surface area contributed by atoms with Crippen LogP contribution >= 0.6 is 0 Å². The zero-order chi connectivity index (χ0) is 20.9. The van der Waals surface area contributed by atoms with E-state index in [-0.39, 0.29) is 5.92 Å². The van der Waals surface area contributed by atoms with Crippen molar-refractivity contribution in [1.29, 1.82) is 0 Å². The molecule has 0 aliphatic heterocycles. The Balaban J connectivity index is 1.30. The highest BCUT2D eigenvalue weighted by Gasteiger charge is 2.28. The van der Waals surface area contributed by atoms with Gasteiger partial charge >= 0.3 is 6.09 Å². The van der Waals surface area contributed by atoms with E-state index in [9.17, 15) is 4.79 Å². The lowest BCUT2D eigenvalue weighted by atomic mass is 9.98. The van der Waals surface area contributed by atoms with E-state index in [0.29, 0.717) is 13.2 Å². The normalized spacial score (nSPS) is 12.5. The number of aromatic nitrogens is 1. The van der Waals surface area contributed by atoms with E-state index in [4.69, 9.17) is 4.74 Å². The second-order valence-electron chi connectivity index (χ2n) is 7.45. The molecule has 5 heteroatoms. The van der Waals surface area contributed by atoms with Crippen LogP contribution in [0.5, 0.6) is 0 Å². The summed E-state index contributed by atoms with van der Waals surface area (Å²) in [6.07, 6.45) is 5.20. The highest BCUT2D eigenvalue weighted by molar-refractivity contribution is 5.79. The Bertz CT molecular complexity index is 1010. The van der Waals surface area contributed by atoms with Crippen LogP contribution in [0.4, 0.5) is 10.6 Å². The standard InChI is InChI=1S/C25H25N3O2/c1-28(2)24-14-13-18(16-27-24)8-7-15-26-25(29)30-17-23-21-11-5-3-9-19(21)20-10-4-6-12-22(20)23/h3-14,16,23H,15,17H2,1-2H3,(H,26,29). The SMILES string of the molecule is CN(C)c1ccc(C=CCNC(=O)OCC2c3ccccc3-c3ccccc32)cn1. The minimum absolute atomic E-state index is 0.0694. The fourth-order valence-corrected chi connectivity index (χ4v) is 3.75. The average Bonchev–Trinajstić information content (AvgIpc) is 3.09. The highest BCUT2D eigenvalue weighted by Crippen LogP contribution is 2.44. The Morgan fingerprint density at radius 1 is 1.03 bits per heavy atom. The van der Waals surface area contributed by atoms with Gasteiger partial charge < -0.3 is 15.0 Å². The van der Waals surface area contributed by atoms with E-state index in [1.165, 1.54) is 22.3 Å². The molecule has 1 aliphatic rings. The van der Waals surface area contributed by atoms with Crippen LogP contribution in [-0.2, 0) is 4.74 Å². The van der Waals surface area contributed by atoms with Crippen molar-refractivity contribution in [1.82, 2.24) is 10.3 Å². The zero-order valence-electron chi connectivity index (χ0n) is 17.2. The molecule has 1 heterocycles. The van der Waals surface area contributed by atoms with E-state index in [1.54, 1.807) is 6.20 Å². The largest absolute Gasteiger partial charge is 0.449 e. The number of amides is 1. The first-order valence-electron chi connectivity index (χ1n) is 10.0. The van der Waals surface area contributed by atoms with Crippen LogP contribution in [0, 0.1) is 0 Å². The maximum Gasteiger partial charge on any atom is 0.407 e. The molecule has 1 aromatic heterocycles. The van der Waals surface area contributed by atoms with Crippen molar-refractivity contribution >= 4 is 18.0 Å². The first-order valence-corrected chi connectivity index (χ1v) is 10.0. The molecule has 0 saturated heterocycles. The summed E-state index contributed by atoms with van der Waals surface area (Å²) in [5.74, 6) is 0.976. The van der Waals surface area contributed by atoms with Crippen molar-refractivity contribution in [2.24, 2.45) is 0 Å². The Morgan fingerprint density at radius 2 is 1.70 bits per heavy atom. The summed E-state index contributed by atoms with van der Waals surface area (Å²) in [4.78, 5) is 18.5. The van der Waals surface area contributed by atoms with Gasteiger partial charge in [-0.05, 0) is 39.9 Å². The van der Waals surface area contributed by atoms with Crippen LogP contribution in [0.1, 0.15) is 22.6 Å². The van der Waals surface area contributed by atoms with E-state index >= 15 is 0 Å². The number of carbonyl (C=O) groups excluding carboxylic acids is 1. The molecule has 0 spiro atoms. The molecule has 1 N–H and O–H groups in total. The third-order valence-electron chi connectivity index (χ3n) is 5.25. The second kappa shape index (κ2) is 8.82. The van der Waals surface area contributed by atoms with Gasteiger partial charge in [0.15, 0.2) is 0 Å². The summed E-state index contributed by atoms with van der Waals surface area (Å²) < 4.78 is 5.53. The van der Waals surface area contributed by atoms with Gasteiger partial charge in [0, 0.05) is 32.8 Å². The van der Waals surface area contributed by atoms with E-state index in [0.717, 1.165) is 11.4 Å². The summed E-state index contributed by atoms with van der Waals surface area (Å²) in [5.41, 5.74) is 5.84. The zero-order valence-corrected chi connectivity index (χ0v) is 17.2. The summed E-state index contributed by atoms with van der Waals surface area (Å²) in [6, 6.07) is 20.6. The highest BCUT2D eigenvalue weighted by atomic mass is 16.5. The number of ether oxygens (including phenoxy) is 1. The number of hydrogen-bond donors (Lipinski definition) is 1. The van der Waals surface area contributed by atoms with Gasteiger partial charge in [-0.2, -0.15) is 0 Å². The van der Waals surface area contributed by atoms with Gasteiger partial charge in [-0.3, -0.25) is 0 Å². The van der Waals surface area contributed by atoms with Crippen molar-refractivity contribution in [2.75, 3.05) is 32.1 Å². The molecule has 0 unspecified atom stereocenters. The van der Waals surface area contributed by atoms with Gasteiger partial charge in [-0.25, -0.2) is 9.78 Å². The summed E-state index contributed by atoms with van der Waals surface area (Å²) >= 11 is 0. The number of pyridine rings is 1. The van der Waals surface area contributed by atoms with Crippen LogP contribution in [0.25, 0.3) is 17.2 Å². The molecule has 0 fully saturated rings. The topological polar surface area (TPSA) is 54.5 Å². The number of carbonyl (C=O) groups is 1. The van der Waals surface area contributed by atoms with Crippen molar-refractivity contribution in [3.8, 4) is 11.1 Å². The monoisotopic (exact) mass is 399 g/mol. The molecule has 0 atom stereocenters. The van der Waals surface area contributed by atoms with Crippen molar-refractivity contribution in [2.45, 2.75) is 5.92 Å². The molecule has 30 heavy (non-hydrogen) atoms. The van der Waals surface area contributed by atoms with Gasteiger partial charge in [-0.1, -0.05) is 60.7 Å². The predicted octanol–water partition coefficient (Wildman–Crippen LogP) is 4.70. The fraction of sp³-hybridized carbons (Fsp3) is 0.200. The van der Waals surface area contributed by atoms with Crippen LogP contribution in [0.15, 0.2) is 72.9 Å². The number of hydrogen-bond acceptors (Lipinski definition) is 4. The predicted molar refractivity (Wildman–Crippen MR) is 121 cm³/mol. The average molecular weight is 399 g/mol. The molecule has 1 aliphatic carbocycles. The molecule has 5 nitrogen and oxygen atoms in total. The molecule has 3 aromatic rings. The molecule has 2 aromatic carbocycles. The number of rotatable bonds is 6.